The summed E-state index contributed by atoms with van der Waals surface area (Å²) in [6.45, 7) is 3.91. The first-order valence-electron chi connectivity index (χ1n) is 11.3. The molecule has 0 radical (unpaired) electrons. The van der Waals surface area contributed by atoms with Gasteiger partial charge < -0.3 is 23.7 Å². The van der Waals surface area contributed by atoms with Gasteiger partial charge in [0.2, 0.25) is 5.78 Å². The van der Waals surface area contributed by atoms with E-state index in [0.29, 0.717) is 5.56 Å². The van der Waals surface area contributed by atoms with E-state index in [2.05, 4.69) is 15.9 Å². The summed E-state index contributed by atoms with van der Waals surface area (Å²) in [5.74, 6) is -4.71. The second-order valence-corrected chi connectivity index (χ2v) is 9.00. The van der Waals surface area contributed by atoms with Crippen molar-refractivity contribution in [3.05, 3.63) is 80.8 Å². The number of esters is 4. The number of aryl methyl sites for hydroxylation is 1. The van der Waals surface area contributed by atoms with Crippen molar-refractivity contribution in [1.82, 2.24) is 0 Å². The molecule has 0 bridgehead atoms. The van der Waals surface area contributed by atoms with Crippen LogP contribution in [-0.4, -0.2) is 43.9 Å². The van der Waals surface area contributed by atoms with Gasteiger partial charge in [0.25, 0.3) is 0 Å². The molecular formula is C28H23BrO10. The van der Waals surface area contributed by atoms with Gasteiger partial charge in [-0.2, -0.15) is 0 Å². The Morgan fingerprint density at radius 3 is 1.74 bits per heavy atom. The minimum absolute atomic E-state index is 0.110. The molecule has 0 aromatic heterocycles. The zero-order valence-electron chi connectivity index (χ0n) is 21.6. The van der Waals surface area contributed by atoms with Crippen molar-refractivity contribution in [3.8, 4) is 23.0 Å². The number of ether oxygens (including phenoxy) is 5. The molecule has 0 heterocycles. The van der Waals surface area contributed by atoms with Gasteiger partial charge in [0, 0.05) is 24.4 Å². The highest BCUT2D eigenvalue weighted by molar-refractivity contribution is 9.10. The predicted octanol–water partition coefficient (Wildman–Crippen LogP) is 4.85. The van der Waals surface area contributed by atoms with E-state index in [1.165, 1.54) is 37.4 Å². The fourth-order valence-corrected chi connectivity index (χ4v) is 3.87. The molecule has 0 aliphatic carbocycles. The van der Waals surface area contributed by atoms with Crippen molar-refractivity contribution in [2.75, 3.05) is 14.2 Å². The largest absolute Gasteiger partial charge is 0.496 e. The third-order valence-electron chi connectivity index (χ3n) is 5.16. The molecule has 0 spiro atoms. The second-order valence-electron chi connectivity index (χ2n) is 8.09. The molecule has 3 rings (SSSR count). The molecule has 0 aliphatic heterocycles. The van der Waals surface area contributed by atoms with Gasteiger partial charge in [-0.05, 0) is 55.0 Å². The van der Waals surface area contributed by atoms with Crippen LogP contribution < -0.4 is 18.9 Å². The molecule has 0 saturated carbocycles. The third kappa shape index (κ3) is 6.88. The number of methoxy groups -OCH3 is 2. The minimum atomic E-state index is -0.951. The molecule has 39 heavy (non-hydrogen) atoms. The third-order valence-corrected chi connectivity index (χ3v) is 5.69. The standard InChI is InChI=1S/C28H23BrO10/c1-14-10-22(37-15(2)30)25(23(11-14)38-16(3)31)26(32)24-20(28(34)36-5)12-19(13-21(24)35-4)39-27(33)17-6-8-18(29)9-7-17/h6-13H,1-5H3. The molecule has 3 aromatic carbocycles. The average molecular weight is 599 g/mol. The summed E-state index contributed by atoms with van der Waals surface area (Å²) in [7, 11) is 2.34. The quantitative estimate of drug-likeness (QED) is 0.201. The van der Waals surface area contributed by atoms with E-state index in [4.69, 9.17) is 23.7 Å². The predicted molar refractivity (Wildman–Crippen MR) is 141 cm³/mol. The summed E-state index contributed by atoms with van der Waals surface area (Å²) >= 11 is 3.29. The monoisotopic (exact) mass is 598 g/mol. The number of benzene rings is 3. The van der Waals surface area contributed by atoms with Crippen LogP contribution in [0.3, 0.4) is 0 Å². The van der Waals surface area contributed by atoms with Crippen LogP contribution in [-0.2, 0) is 14.3 Å². The highest BCUT2D eigenvalue weighted by Crippen LogP contribution is 2.38. The summed E-state index contributed by atoms with van der Waals surface area (Å²) in [6.07, 6.45) is 0. The van der Waals surface area contributed by atoms with Gasteiger partial charge in [-0.15, -0.1) is 0 Å². The lowest BCUT2D eigenvalue weighted by molar-refractivity contribution is -0.132. The maximum Gasteiger partial charge on any atom is 0.343 e. The number of carbonyl (C=O) groups excluding carboxylic acids is 5. The lowest BCUT2D eigenvalue weighted by Crippen LogP contribution is -2.18. The van der Waals surface area contributed by atoms with E-state index in [-0.39, 0.29) is 45.3 Å². The number of hydrogen-bond donors (Lipinski definition) is 0. The van der Waals surface area contributed by atoms with Gasteiger partial charge in [-0.25, -0.2) is 9.59 Å². The van der Waals surface area contributed by atoms with Crippen molar-refractivity contribution in [2.24, 2.45) is 0 Å². The highest BCUT2D eigenvalue weighted by Gasteiger charge is 2.31. The Balaban J connectivity index is 2.21. The van der Waals surface area contributed by atoms with Gasteiger partial charge >= 0.3 is 23.9 Å². The first-order chi connectivity index (χ1) is 18.4. The molecule has 0 fully saturated rings. The van der Waals surface area contributed by atoms with Gasteiger partial charge in [0.15, 0.2) is 0 Å². The molecule has 202 valence electrons. The molecule has 0 atom stereocenters. The zero-order chi connectivity index (χ0) is 28.9. The van der Waals surface area contributed by atoms with E-state index in [1.807, 2.05) is 0 Å². The van der Waals surface area contributed by atoms with Crippen LogP contribution >= 0.6 is 15.9 Å². The zero-order valence-corrected chi connectivity index (χ0v) is 23.2. The number of ketones is 1. The molecule has 0 unspecified atom stereocenters. The highest BCUT2D eigenvalue weighted by atomic mass is 79.9. The molecule has 10 nitrogen and oxygen atoms in total. The molecule has 0 N–H and O–H groups in total. The topological polar surface area (TPSA) is 132 Å². The average Bonchev–Trinajstić information content (AvgIpc) is 2.86. The van der Waals surface area contributed by atoms with E-state index in [9.17, 15) is 24.0 Å². The van der Waals surface area contributed by atoms with Gasteiger partial charge in [0.1, 0.15) is 28.6 Å². The number of hydrogen-bond acceptors (Lipinski definition) is 10. The molecule has 3 aromatic rings. The van der Waals surface area contributed by atoms with Crippen LogP contribution in [0.4, 0.5) is 0 Å². The van der Waals surface area contributed by atoms with E-state index >= 15 is 0 Å². The van der Waals surface area contributed by atoms with Gasteiger partial charge in [0.05, 0.1) is 30.9 Å². The van der Waals surface area contributed by atoms with Crippen molar-refractivity contribution in [2.45, 2.75) is 20.8 Å². The van der Waals surface area contributed by atoms with E-state index < -0.39 is 29.7 Å². The van der Waals surface area contributed by atoms with Crippen molar-refractivity contribution in [3.63, 3.8) is 0 Å². The van der Waals surface area contributed by atoms with Crippen LogP contribution in [0.25, 0.3) is 0 Å². The second kappa shape index (κ2) is 12.4. The van der Waals surface area contributed by atoms with Crippen LogP contribution in [0.1, 0.15) is 56.0 Å². The van der Waals surface area contributed by atoms with Crippen LogP contribution in [0.5, 0.6) is 23.0 Å². The SMILES string of the molecule is COC(=O)c1cc(OC(=O)c2ccc(Br)cc2)cc(OC)c1C(=O)c1c(OC(C)=O)cc(C)cc1OC(C)=O. The van der Waals surface area contributed by atoms with Crippen LogP contribution in [0.15, 0.2) is 53.0 Å². The summed E-state index contributed by atoms with van der Waals surface area (Å²) in [5, 5.41) is 0. The van der Waals surface area contributed by atoms with Crippen molar-refractivity contribution in [1.29, 1.82) is 0 Å². The van der Waals surface area contributed by atoms with Crippen molar-refractivity contribution >= 4 is 45.6 Å². The number of carbonyl (C=O) groups is 5. The fraction of sp³-hybridized carbons (Fsp3) is 0.179. The van der Waals surface area contributed by atoms with Crippen LogP contribution in [0, 0.1) is 6.92 Å². The maximum atomic E-state index is 14.0. The Bertz CT molecular complexity index is 1440. The first kappa shape index (κ1) is 29.1. The normalized spacial score (nSPS) is 10.3. The summed E-state index contributed by atoms with van der Waals surface area (Å²) in [5.41, 5.74) is -0.181. The number of halogens is 1. The summed E-state index contributed by atoms with van der Waals surface area (Å²) in [4.78, 5) is 63.1. The summed E-state index contributed by atoms with van der Waals surface area (Å²) in [6, 6.07) is 11.6. The Labute approximate surface area is 231 Å². The van der Waals surface area contributed by atoms with E-state index in [0.717, 1.165) is 31.5 Å². The molecular weight excluding hydrogens is 576 g/mol. The van der Waals surface area contributed by atoms with Crippen LogP contribution in [0.2, 0.25) is 0 Å². The molecule has 11 heteroatoms. The van der Waals surface area contributed by atoms with Crippen molar-refractivity contribution < 1.29 is 47.7 Å². The van der Waals surface area contributed by atoms with E-state index in [1.54, 1.807) is 19.1 Å². The Morgan fingerprint density at radius 2 is 1.26 bits per heavy atom. The lowest BCUT2D eigenvalue weighted by atomic mass is 9.94. The Kier molecular flexibility index (Phi) is 9.20. The minimum Gasteiger partial charge on any atom is -0.496 e. The van der Waals surface area contributed by atoms with Gasteiger partial charge in [-0.3, -0.25) is 14.4 Å². The first-order valence-corrected chi connectivity index (χ1v) is 12.1. The molecule has 0 aliphatic rings. The fourth-order valence-electron chi connectivity index (χ4n) is 3.61. The Morgan fingerprint density at radius 1 is 0.692 bits per heavy atom. The summed E-state index contributed by atoms with van der Waals surface area (Å²) < 4.78 is 26.9. The number of rotatable bonds is 8. The molecule has 0 saturated heterocycles. The smallest absolute Gasteiger partial charge is 0.343 e. The van der Waals surface area contributed by atoms with Gasteiger partial charge in [-0.1, -0.05) is 15.9 Å². The Hall–Kier alpha value is -4.51. The molecule has 0 amide bonds. The lowest BCUT2D eigenvalue weighted by Gasteiger charge is -2.18. The maximum absolute atomic E-state index is 14.0.